The fourth-order valence-corrected chi connectivity index (χ4v) is 4.83. The van der Waals surface area contributed by atoms with Crippen molar-refractivity contribution in [2.75, 3.05) is 30.8 Å². The second-order valence-corrected chi connectivity index (χ2v) is 9.49. The fourth-order valence-electron chi connectivity index (χ4n) is 2.50. The lowest BCUT2D eigenvalue weighted by Gasteiger charge is -2.18. The predicted molar refractivity (Wildman–Crippen MR) is 118 cm³/mol. The van der Waals surface area contributed by atoms with Crippen LogP contribution < -0.4 is 5.32 Å². The molecule has 2 rings (SSSR count). The number of carbonyl (C=O) groups excluding carboxylic acids is 2. The quantitative estimate of drug-likeness (QED) is 0.421. The van der Waals surface area contributed by atoms with Crippen LogP contribution in [0.25, 0.3) is 0 Å². The molecule has 0 heterocycles. The first-order chi connectivity index (χ1) is 14.3. The number of halogens is 1. The molecule has 0 bridgehead atoms. The molecule has 7 nitrogen and oxygen atoms in total. The molecule has 0 spiro atoms. The summed E-state index contributed by atoms with van der Waals surface area (Å²) in [7, 11) is -3.64. The molecule has 10 heteroatoms. The number of sulfonamides is 1. The van der Waals surface area contributed by atoms with Crippen molar-refractivity contribution in [3.63, 3.8) is 0 Å². The maximum Gasteiger partial charge on any atom is 0.316 e. The Morgan fingerprint density at radius 2 is 1.77 bits per heavy atom. The first kappa shape index (κ1) is 24.2. The molecule has 1 amide bonds. The second-order valence-electron chi connectivity index (χ2n) is 6.07. The minimum Gasteiger partial charge on any atom is -0.455 e. The van der Waals surface area contributed by atoms with Gasteiger partial charge in [0.25, 0.3) is 5.91 Å². The van der Waals surface area contributed by atoms with Crippen molar-refractivity contribution < 1.29 is 22.7 Å². The van der Waals surface area contributed by atoms with Crippen molar-refractivity contribution in [1.82, 2.24) is 4.31 Å². The molecular formula is C20H23ClN2O5S2. The number of ether oxygens (including phenoxy) is 1. The van der Waals surface area contributed by atoms with Crippen LogP contribution in [0.2, 0.25) is 5.02 Å². The standard InChI is InChI=1S/C20H23ClN2O5S2/c1-3-23(4-2)30(26,27)18-7-5-6-16(12-18)22-19(24)13-28-20(25)14-29-17-10-8-15(21)9-11-17/h5-12H,3-4,13-14H2,1-2H3,(H,22,24). The molecule has 0 atom stereocenters. The summed E-state index contributed by atoms with van der Waals surface area (Å²) >= 11 is 7.08. The Labute approximate surface area is 185 Å². The molecule has 0 saturated carbocycles. The first-order valence-corrected chi connectivity index (χ1v) is 12.0. The van der Waals surface area contributed by atoms with E-state index in [0.29, 0.717) is 23.8 Å². The van der Waals surface area contributed by atoms with Gasteiger partial charge in [0.15, 0.2) is 6.61 Å². The Balaban J connectivity index is 1.87. The summed E-state index contributed by atoms with van der Waals surface area (Å²) in [5, 5.41) is 3.15. The van der Waals surface area contributed by atoms with Gasteiger partial charge in [-0.3, -0.25) is 9.59 Å². The van der Waals surface area contributed by atoms with Gasteiger partial charge in [0.1, 0.15) is 0 Å². The van der Waals surface area contributed by atoms with Crippen LogP contribution in [0, 0.1) is 0 Å². The average Bonchev–Trinajstić information content (AvgIpc) is 2.72. The maximum atomic E-state index is 12.6. The SMILES string of the molecule is CCN(CC)S(=O)(=O)c1cccc(NC(=O)COC(=O)CSc2ccc(Cl)cc2)c1. The highest BCUT2D eigenvalue weighted by Gasteiger charge is 2.22. The normalized spacial score (nSPS) is 11.3. The molecular weight excluding hydrogens is 448 g/mol. The van der Waals surface area contributed by atoms with Gasteiger partial charge in [-0.15, -0.1) is 11.8 Å². The topological polar surface area (TPSA) is 92.8 Å². The molecule has 0 aliphatic carbocycles. The third-order valence-electron chi connectivity index (χ3n) is 4.00. The van der Waals surface area contributed by atoms with E-state index in [9.17, 15) is 18.0 Å². The highest BCUT2D eigenvalue weighted by Crippen LogP contribution is 2.21. The third kappa shape index (κ3) is 7.02. The first-order valence-electron chi connectivity index (χ1n) is 9.20. The molecule has 0 aromatic heterocycles. The van der Waals surface area contributed by atoms with E-state index in [2.05, 4.69) is 5.32 Å². The number of esters is 1. The smallest absolute Gasteiger partial charge is 0.316 e. The number of hydrogen-bond donors (Lipinski definition) is 1. The van der Waals surface area contributed by atoms with E-state index in [1.54, 1.807) is 50.2 Å². The number of hydrogen-bond acceptors (Lipinski definition) is 6. The van der Waals surface area contributed by atoms with Crippen molar-refractivity contribution in [1.29, 1.82) is 0 Å². The summed E-state index contributed by atoms with van der Waals surface area (Å²) in [5.41, 5.74) is 0.305. The van der Waals surface area contributed by atoms with Crippen molar-refractivity contribution in [3.8, 4) is 0 Å². The maximum absolute atomic E-state index is 12.6. The zero-order valence-corrected chi connectivity index (χ0v) is 19.0. The zero-order chi connectivity index (χ0) is 22.1. The Morgan fingerprint density at radius 3 is 2.40 bits per heavy atom. The number of thioether (sulfide) groups is 1. The van der Waals surface area contributed by atoms with Crippen molar-refractivity contribution >= 4 is 50.9 Å². The number of anilines is 1. The van der Waals surface area contributed by atoms with Crippen LogP contribution in [-0.4, -0.2) is 50.0 Å². The number of nitrogens with one attached hydrogen (secondary N) is 1. The second kappa shape index (κ2) is 11.4. The third-order valence-corrected chi connectivity index (χ3v) is 7.28. The van der Waals surface area contributed by atoms with Crippen molar-refractivity contribution in [3.05, 3.63) is 53.6 Å². The summed E-state index contributed by atoms with van der Waals surface area (Å²) in [6, 6.07) is 13.0. The van der Waals surface area contributed by atoms with Gasteiger partial charge in [-0.05, 0) is 42.5 Å². The molecule has 0 unspecified atom stereocenters. The van der Waals surface area contributed by atoms with Gasteiger partial charge in [-0.2, -0.15) is 4.31 Å². The largest absolute Gasteiger partial charge is 0.455 e. The van der Waals surface area contributed by atoms with Crippen LogP contribution in [0.15, 0.2) is 58.3 Å². The highest BCUT2D eigenvalue weighted by atomic mass is 35.5. The van der Waals surface area contributed by atoms with Crippen LogP contribution >= 0.6 is 23.4 Å². The molecule has 30 heavy (non-hydrogen) atoms. The summed E-state index contributed by atoms with van der Waals surface area (Å²) in [6.45, 7) is 3.74. The van der Waals surface area contributed by atoms with E-state index in [1.165, 1.54) is 28.2 Å². The van der Waals surface area contributed by atoms with E-state index in [-0.39, 0.29) is 10.6 Å². The van der Waals surface area contributed by atoms with Gasteiger partial charge in [0.05, 0.1) is 10.6 Å². The lowest BCUT2D eigenvalue weighted by Crippen LogP contribution is -2.30. The molecule has 0 saturated heterocycles. The number of rotatable bonds is 10. The Morgan fingerprint density at radius 1 is 1.10 bits per heavy atom. The Kier molecular flexibility index (Phi) is 9.16. The van der Waals surface area contributed by atoms with E-state index in [1.807, 2.05) is 0 Å². The molecule has 0 aliphatic heterocycles. The molecule has 2 aromatic rings. The van der Waals surface area contributed by atoms with Crippen LogP contribution in [0.3, 0.4) is 0 Å². The van der Waals surface area contributed by atoms with Gasteiger partial charge in [-0.1, -0.05) is 31.5 Å². The minimum absolute atomic E-state index is 0.0481. The zero-order valence-electron chi connectivity index (χ0n) is 16.6. The van der Waals surface area contributed by atoms with Gasteiger partial charge >= 0.3 is 5.97 Å². The lowest BCUT2D eigenvalue weighted by molar-refractivity contribution is -0.144. The van der Waals surface area contributed by atoms with Crippen LogP contribution in [0.4, 0.5) is 5.69 Å². The van der Waals surface area contributed by atoms with E-state index >= 15 is 0 Å². The van der Waals surface area contributed by atoms with Crippen LogP contribution in [-0.2, 0) is 24.3 Å². The van der Waals surface area contributed by atoms with Crippen molar-refractivity contribution in [2.45, 2.75) is 23.6 Å². The molecule has 2 aromatic carbocycles. The number of nitrogens with zero attached hydrogens (tertiary/aromatic N) is 1. The molecule has 0 fully saturated rings. The Hall–Kier alpha value is -2.07. The summed E-state index contributed by atoms with van der Waals surface area (Å²) in [5.74, 6) is -1.05. The number of amides is 1. The monoisotopic (exact) mass is 470 g/mol. The molecule has 0 radical (unpaired) electrons. The van der Waals surface area contributed by atoms with Crippen molar-refractivity contribution in [2.24, 2.45) is 0 Å². The predicted octanol–water partition coefficient (Wildman–Crippen LogP) is 3.64. The van der Waals surface area contributed by atoms with Gasteiger partial charge < -0.3 is 10.1 Å². The van der Waals surface area contributed by atoms with Gasteiger partial charge in [-0.25, -0.2) is 8.42 Å². The Bertz CT molecular complexity index is 977. The van der Waals surface area contributed by atoms with E-state index in [4.69, 9.17) is 16.3 Å². The number of benzene rings is 2. The highest BCUT2D eigenvalue weighted by molar-refractivity contribution is 8.00. The lowest BCUT2D eigenvalue weighted by atomic mass is 10.3. The van der Waals surface area contributed by atoms with E-state index < -0.39 is 28.5 Å². The van der Waals surface area contributed by atoms with Gasteiger partial charge in [0.2, 0.25) is 10.0 Å². The summed E-state index contributed by atoms with van der Waals surface area (Å²) in [4.78, 5) is 24.8. The van der Waals surface area contributed by atoms with Crippen LogP contribution in [0.1, 0.15) is 13.8 Å². The van der Waals surface area contributed by atoms with E-state index in [0.717, 1.165) is 4.90 Å². The van der Waals surface area contributed by atoms with Crippen LogP contribution in [0.5, 0.6) is 0 Å². The molecule has 0 aliphatic rings. The minimum atomic E-state index is -3.64. The summed E-state index contributed by atoms with van der Waals surface area (Å²) in [6.07, 6.45) is 0. The molecule has 1 N–H and O–H groups in total. The average molecular weight is 471 g/mol. The number of carbonyl (C=O) groups is 2. The van der Waals surface area contributed by atoms with Gasteiger partial charge in [0, 0.05) is 28.7 Å². The fraction of sp³-hybridized carbons (Fsp3) is 0.300. The molecule has 162 valence electrons. The summed E-state index contributed by atoms with van der Waals surface area (Å²) < 4.78 is 31.5.